The summed E-state index contributed by atoms with van der Waals surface area (Å²) < 4.78 is 5.20. The van der Waals surface area contributed by atoms with E-state index in [-0.39, 0.29) is 11.9 Å². The molecule has 0 N–H and O–H groups in total. The lowest BCUT2D eigenvalue weighted by atomic mass is 9.97. The van der Waals surface area contributed by atoms with Crippen molar-refractivity contribution in [2.45, 2.75) is 32.7 Å². The summed E-state index contributed by atoms with van der Waals surface area (Å²) in [7, 11) is 1.65. The number of nitrogens with zero attached hydrogens (tertiary/aromatic N) is 2. The van der Waals surface area contributed by atoms with Gasteiger partial charge in [-0.25, -0.2) is 5.01 Å². The molecule has 124 valence electrons. The summed E-state index contributed by atoms with van der Waals surface area (Å²) in [5, 5.41) is 6.17. The van der Waals surface area contributed by atoms with E-state index in [0.29, 0.717) is 0 Å². The Kier molecular flexibility index (Phi) is 4.65. The van der Waals surface area contributed by atoms with Crippen LogP contribution in [0.3, 0.4) is 0 Å². The van der Waals surface area contributed by atoms with Crippen molar-refractivity contribution in [1.29, 1.82) is 0 Å². The average molecular weight is 322 g/mol. The predicted octanol–water partition coefficient (Wildman–Crippen LogP) is 3.96. The van der Waals surface area contributed by atoms with Crippen molar-refractivity contribution in [2.75, 3.05) is 7.11 Å². The SMILES string of the molecule is CCc1ccc(C2CC(c3ccc(OC)cc3)=NN2C(C)=O)cc1. The van der Waals surface area contributed by atoms with Gasteiger partial charge in [0.05, 0.1) is 18.9 Å². The summed E-state index contributed by atoms with van der Waals surface area (Å²) >= 11 is 0. The van der Waals surface area contributed by atoms with E-state index in [1.54, 1.807) is 19.0 Å². The van der Waals surface area contributed by atoms with Crippen LogP contribution < -0.4 is 4.74 Å². The minimum Gasteiger partial charge on any atom is -0.497 e. The van der Waals surface area contributed by atoms with Crippen molar-refractivity contribution in [1.82, 2.24) is 5.01 Å². The van der Waals surface area contributed by atoms with E-state index >= 15 is 0 Å². The number of benzene rings is 2. The minimum absolute atomic E-state index is 0.0366. The monoisotopic (exact) mass is 322 g/mol. The first-order valence-corrected chi connectivity index (χ1v) is 8.23. The van der Waals surface area contributed by atoms with Gasteiger partial charge in [0.2, 0.25) is 5.91 Å². The zero-order chi connectivity index (χ0) is 17.1. The number of rotatable bonds is 4. The minimum atomic E-state index is -0.0388. The highest BCUT2D eigenvalue weighted by Crippen LogP contribution is 2.33. The molecule has 1 unspecified atom stereocenters. The van der Waals surface area contributed by atoms with Crippen LogP contribution in [0.1, 0.15) is 43.0 Å². The lowest BCUT2D eigenvalue weighted by Gasteiger charge is -2.20. The van der Waals surface area contributed by atoms with Crippen LogP contribution in [0.2, 0.25) is 0 Å². The summed E-state index contributed by atoms with van der Waals surface area (Å²) in [4.78, 5) is 12.0. The molecular weight excluding hydrogens is 300 g/mol. The maximum absolute atomic E-state index is 12.0. The summed E-state index contributed by atoms with van der Waals surface area (Å²) in [6.07, 6.45) is 1.73. The van der Waals surface area contributed by atoms with Crippen molar-refractivity contribution < 1.29 is 9.53 Å². The van der Waals surface area contributed by atoms with E-state index in [1.165, 1.54) is 5.56 Å². The standard InChI is InChI=1S/C20H22N2O2/c1-4-15-5-7-17(8-6-15)20-13-19(21-22(20)14(2)23)16-9-11-18(24-3)12-10-16/h5-12,20H,4,13H2,1-3H3. The van der Waals surface area contributed by atoms with E-state index < -0.39 is 0 Å². The third-order valence-corrected chi connectivity index (χ3v) is 4.43. The lowest BCUT2D eigenvalue weighted by molar-refractivity contribution is -0.130. The lowest BCUT2D eigenvalue weighted by Crippen LogP contribution is -2.24. The van der Waals surface area contributed by atoms with E-state index in [1.807, 2.05) is 24.3 Å². The Bertz CT molecular complexity index is 748. The summed E-state index contributed by atoms with van der Waals surface area (Å²) in [5.41, 5.74) is 4.37. The molecule has 2 aromatic carbocycles. The van der Waals surface area contributed by atoms with Gasteiger partial charge in [-0.3, -0.25) is 4.79 Å². The molecular formula is C20H22N2O2. The first-order chi connectivity index (χ1) is 11.6. The van der Waals surface area contributed by atoms with Crippen LogP contribution in [0.15, 0.2) is 53.6 Å². The number of amides is 1. The molecule has 2 aromatic rings. The van der Waals surface area contributed by atoms with Gasteiger partial charge in [-0.1, -0.05) is 31.2 Å². The number of hydrogen-bond donors (Lipinski definition) is 0. The molecule has 1 amide bonds. The smallest absolute Gasteiger partial charge is 0.240 e. The Morgan fingerprint density at radius 3 is 2.38 bits per heavy atom. The number of hydrogen-bond acceptors (Lipinski definition) is 3. The Labute approximate surface area is 142 Å². The Morgan fingerprint density at radius 1 is 1.17 bits per heavy atom. The zero-order valence-electron chi connectivity index (χ0n) is 14.3. The summed E-state index contributed by atoms with van der Waals surface area (Å²) in [6.45, 7) is 3.70. The highest BCUT2D eigenvalue weighted by Gasteiger charge is 2.31. The molecule has 1 aliphatic heterocycles. The molecule has 0 spiro atoms. The molecule has 0 bridgehead atoms. The van der Waals surface area contributed by atoms with E-state index in [9.17, 15) is 4.79 Å². The number of hydrazone groups is 1. The molecule has 1 atom stereocenters. The number of methoxy groups -OCH3 is 1. The molecule has 1 aliphatic rings. The van der Waals surface area contributed by atoms with Gasteiger partial charge in [0.15, 0.2) is 0 Å². The fourth-order valence-electron chi connectivity index (χ4n) is 2.99. The molecule has 24 heavy (non-hydrogen) atoms. The fraction of sp³-hybridized carbons (Fsp3) is 0.300. The third-order valence-electron chi connectivity index (χ3n) is 4.43. The molecule has 3 rings (SSSR count). The van der Waals surface area contributed by atoms with Crippen molar-refractivity contribution in [2.24, 2.45) is 5.10 Å². The zero-order valence-corrected chi connectivity index (χ0v) is 14.3. The van der Waals surface area contributed by atoms with E-state index in [4.69, 9.17) is 4.74 Å². The van der Waals surface area contributed by atoms with Crippen LogP contribution in [-0.2, 0) is 11.2 Å². The molecule has 0 saturated carbocycles. The van der Waals surface area contributed by atoms with Crippen LogP contribution >= 0.6 is 0 Å². The van der Waals surface area contributed by atoms with Gasteiger partial charge in [0.25, 0.3) is 0 Å². The molecule has 1 heterocycles. The maximum atomic E-state index is 12.0. The number of carbonyl (C=O) groups excluding carboxylic acids is 1. The van der Waals surface area contributed by atoms with Crippen molar-refractivity contribution >= 4 is 11.6 Å². The van der Waals surface area contributed by atoms with Gasteiger partial charge in [0.1, 0.15) is 5.75 Å². The molecule has 0 aliphatic carbocycles. The number of carbonyl (C=O) groups is 1. The van der Waals surface area contributed by atoms with Gasteiger partial charge in [-0.15, -0.1) is 0 Å². The first-order valence-electron chi connectivity index (χ1n) is 8.23. The highest BCUT2D eigenvalue weighted by molar-refractivity contribution is 6.03. The Balaban J connectivity index is 1.88. The van der Waals surface area contributed by atoms with Crippen molar-refractivity contribution in [3.63, 3.8) is 0 Å². The summed E-state index contributed by atoms with van der Waals surface area (Å²) in [6, 6.07) is 16.2. The average Bonchev–Trinajstić information content (AvgIpc) is 3.07. The second kappa shape index (κ2) is 6.87. The largest absolute Gasteiger partial charge is 0.497 e. The normalized spacial score (nSPS) is 16.9. The van der Waals surface area contributed by atoms with Crippen LogP contribution in [0.25, 0.3) is 0 Å². The third kappa shape index (κ3) is 3.18. The van der Waals surface area contributed by atoms with Crippen molar-refractivity contribution in [3.8, 4) is 5.75 Å². The molecule has 0 radical (unpaired) electrons. The first kappa shape index (κ1) is 16.2. The molecule has 0 saturated heterocycles. The number of ether oxygens (including phenoxy) is 1. The maximum Gasteiger partial charge on any atom is 0.240 e. The van der Waals surface area contributed by atoms with E-state index in [2.05, 4.69) is 36.3 Å². The fourth-order valence-corrected chi connectivity index (χ4v) is 2.99. The van der Waals surface area contributed by atoms with E-state index in [0.717, 1.165) is 35.4 Å². The summed E-state index contributed by atoms with van der Waals surface area (Å²) in [5.74, 6) is 0.774. The van der Waals surface area contributed by atoms with Gasteiger partial charge >= 0.3 is 0 Å². The quantitative estimate of drug-likeness (QED) is 0.855. The van der Waals surface area contributed by atoms with Gasteiger partial charge in [-0.05, 0) is 47.4 Å². The second-order valence-corrected chi connectivity index (χ2v) is 5.95. The van der Waals surface area contributed by atoms with Gasteiger partial charge in [-0.2, -0.15) is 5.10 Å². The van der Waals surface area contributed by atoms with Crippen molar-refractivity contribution in [3.05, 3.63) is 65.2 Å². The van der Waals surface area contributed by atoms with Crippen LogP contribution in [0.5, 0.6) is 5.75 Å². The number of aryl methyl sites for hydroxylation is 1. The molecule has 0 fully saturated rings. The Hall–Kier alpha value is -2.62. The van der Waals surface area contributed by atoms with Gasteiger partial charge < -0.3 is 4.74 Å². The Morgan fingerprint density at radius 2 is 1.83 bits per heavy atom. The van der Waals surface area contributed by atoms with Crippen LogP contribution in [0.4, 0.5) is 0 Å². The predicted molar refractivity (Wildman–Crippen MR) is 95.2 cm³/mol. The van der Waals surface area contributed by atoms with Crippen LogP contribution in [0, 0.1) is 0 Å². The molecule has 4 nitrogen and oxygen atoms in total. The van der Waals surface area contributed by atoms with Gasteiger partial charge in [0, 0.05) is 13.3 Å². The van der Waals surface area contributed by atoms with Crippen LogP contribution in [-0.4, -0.2) is 23.7 Å². The molecule has 4 heteroatoms. The molecule has 0 aromatic heterocycles. The topological polar surface area (TPSA) is 41.9 Å². The highest BCUT2D eigenvalue weighted by atomic mass is 16.5. The second-order valence-electron chi connectivity index (χ2n) is 5.95.